The van der Waals surface area contributed by atoms with Crippen LogP contribution in [0.4, 0.5) is 0 Å². The molecule has 25 heavy (non-hydrogen) atoms. The molecule has 0 aromatic carbocycles. The zero-order valence-electron chi connectivity index (χ0n) is 14.4. The van der Waals surface area contributed by atoms with Crippen LogP contribution in [-0.2, 0) is 4.74 Å². The number of hydrogen-bond acceptors (Lipinski definition) is 7. The first-order valence-electron chi connectivity index (χ1n) is 8.58. The van der Waals surface area contributed by atoms with E-state index >= 15 is 0 Å². The summed E-state index contributed by atoms with van der Waals surface area (Å²) < 4.78 is 7.49. The standard InChI is InChI=1S/C16H22N6O2S/c1-10-9-25-15(18-10)13-8-24-6-5-21(13)16(23)14-11(2)22(20-19-14)12-3-4-17-7-12/h9,12-13,17H,3-8H2,1-2H3. The zero-order chi connectivity index (χ0) is 17.4. The van der Waals surface area contributed by atoms with Crippen molar-refractivity contribution in [3.8, 4) is 0 Å². The lowest BCUT2D eigenvalue weighted by Crippen LogP contribution is -2.43. The summed E-state index contributed by atoms with van der Waals surface area (Å²) in [4.78, 5) is 19.5. The maximum atomic E-state index is 13.2. The van der Waals surface area contributed by atoms with E-state index in [1.807, 2.05) is 28.8 Å². The van der Waals surface area contributed by atoms with Crippen LogP contribution in [0.2, 0.25) is 0 Å². The Hall–Kier alpha value is -1.84. The predicted octanol–water partition coefficient (Wildman–Crippen LogP) is 1.10. The van der Waals surface area contributed by atoms with E-state index in [1.54, 1.807) is 11.3 Å². The van der Waals surface area contributed by atoms with Crippen molar-refractivity contribution in [1.29, 1.82) is 0 Å². The lowest BCUT2D eigenvalue weighted by Gasteiger charge is -2.34. The Morgan fingerprint density at radius 2 is 2.32 bits per heavy atom. The van der Waals surface area contributed by atoms with E-state index in [1.165, 1.54) is 0 Å². The molecule has 2 atom stereocenters. The predicted molar refractivity (Wildman–Crippen MR) is 92.7 cm³/mol. The smallest absolute Gasteiger partial charge is 0.277 e. The average Bonchev–Trinajstić information content (AvgIpc) is 3.35. The molecule has 0 aliphatic carbocycles. The average molecular weight is 362 g/mol. The number of amides is 1. The summed E-state index contributed by atoms with van der Waals surface area (Å²) in [6.45, 7) is 7.28. The lowest BCUT2D eigenvalue weighted by atomic mass is 10.2. The largest absolute Gasteiger partial charge is 0.377 e. The Morgan fingerprint density at radius 1 is 1.44 bits per heavy atom. The van der Waals surface area contributed by atoms with Crippen LogP contribution >= 0.6 is 11.3 Å². The maximum Gasteiger partial charge on any atom is 0.277 e. The normalized spacial score (nSPS) is 24.0. The summed E-state index contributed by atoms with van der Waals surface area (Å²) in [7, 11) is 0. The van der Waals surface area contributed by atoms with Crippen LogP contribution in [0, 0.1) is 13.8 Å². The highest BCUT2D eigenvalue weighted by Gasteiger charge is 2.34. The summed E-state index contributed by atoms with van der Waals surface area (Å²) in [6.07, 6.45) is 1.01. The molecule has 2 unspecified atom stereocenters. The second-order valence-electron chi connectivity index (χ2n) is 6.53. The fourth-order valence-corrected chi connectivity index (χ4v) is 4.34. The van der Waals surface area contributed by atoms with Gasteiger partial charge in [-0.2, -0.15) is 0 Å². The summed E-state index contributed by atoms with van der Waals surface area (Å²) in [5, 5.41) is 14.7. The number of morpholine rings is 1. The second kappa shape index (κ2) is 6.81. The van der Waals surface area contributed by atoms with Crippen molar-refractivity contribution in [2.24, 2.45) is 0 Å². The molecule has 0 saturated carbocycles. The van der Waals surface area contributed by atoms with Gasteiger partial charge in [-0.25, -0.2) is 9.67 Å². The Kier molecular flexibility index (Phi) is 4.53. The number of nitrogens with one attached hydrogen (secondary N) is 1. The molecule has 1 N–H and O–H groups in total. The molecular weight excluding hydrogens is 340 g/mol. The van der Waals surface area contributed by atoms with Gasteiger partial charge in [-0.15, -0.1) is 16.4 Å². The first-order chi connectivity index (χ1) is 12.1. The molecule has 0 radical (unpaired) electrons. The lowest BCUT2D eigenvalue weighted by molar-refractivity contribution is -0.00314. The summed E-state index contributed by atoms with van der Waals surface area (Å²) in [5.41, 5.74) is 2.24. The summed E-state index contributed by atoms with van der Waals surface area (Å²) in [5.74, 6) is -0.0872. The Labute approximate surface area is 150 Å². The number of ether oxygens (including phenoxy) is 1. The fraction of sp³-hybridized carbons (Fsp3) is 0.625. The van der Waals surface area contributed by atoms with Crippen LogP contribution < -0.4 is 5.32 Å². The SMILES string of the molecule is Cc1csc(C2COCCN2C(=O)c2nnn(C3CCNC3)c2C)n1. The number of carbonyl (C=O) groups excluding carboxylic acids is 1. The van der Waals surface area contributed by atoms with Crippen LogP contribution in [0.1, 0.15) is 45.4 Å². The number of aromatic nitrogens is 4. The van der Waals surface area contributed by atoms with Gasteiger partial charge >= 0.3 is 0 Å². The van der Waals surface area contributed by atoms with Crippen LogP contribution in [0.15, 0.2) is 5.38 Å². The van der Waals surface area contributed by atoms with Crippen molar-refractivity contribution >= 4 is 17.2 Å². The molecule has 2 saturated heterocycles. The molecule has 2 aromatic rings. The van der Waals surface area contributed by atoms with Gasteiger partial charge in [0.25, 0.3) is 5.91 Å². The molecule has 4 heterocycles. The number of carbonyl (C=O) groups is 1. The van der Waals surface area contributed by atoms with Gasteiger partial charge in [-0.3, -0.25) is 4.79 Å². The minimum atomic E-state index is -0.155. The summed E-state index contributed by atoms with van der Waals surface area (Å²) in [6, 6.07) is 0.119. The van der Waals surface area contributed by atoms with Gasteiger partial charge in [-0.1, -0.05) is 5.21 Å². The molecule has 2 aliphatic rings. The van der Waals surface area contributed by atoms with E-state index in [-0.39, 0.29) is 18.0 Å². The number of nitrogens with zero attached hydrogens (tertiary/aromatic N) is 5. The van der Waals surface area contributed by atoms with E-state index in [0.29, 0.717) is 25.5 Å². The van der Waals surface area contributed by atoms with Gasteiger partial charge in [-0.05, 0) is 26.8 Å². The highest BCUT2D eigenvalue weighted by Crippen LogP contribution is 2.29. The molecule has 1 amide bonds. The first-order valence-corrected chi connectivity index (χ1v) is 9.46. The van der Waals surface area contributed by atoms with Crippen LogP contribution in [0.25, 0.3) is 0 Å². The quantitative estimate of drug-likeness (QED) is 0.880. The van der Waals surface area contributed by atoms with Gasteiger partial charge in [0.15, 0.2) is 5.69 Å². The minimum Gasteiger partial charge on any atom is -0.377 e. The molecule has 134 valence electrons. The molecular formula is C16H22N6O2S. The summed E-state index contributed by atoms with van der Waals surface area (Å²) >= 11 is 1.57. The van der Waals surface area contributed by atoms with Crippen LogP contribution in [0.3, 0.4) is 0 Å². The molecule has 9 heteroatoms. The molecule has 2 aliphatic heterocycles. The van der Waals surface area contributed by atoms with Gasteiger partial charge in [0, 0.05) is 24.2 Å². The molecule has 2 aromatic heterocycles. The van der Waals surface area contributed by atoms with Gasteiger partial charge < -0.3 is 15.0 Å². The zero-order valence-corrected chi connectivity index (χ0v) is 15.3. The Balaban J connectivity index is 1.60. The van der Waals surface area contributed by atoms with Crippen molar-refractivity contribution in [2.75, 3.05) is 32.8 Å². The fourth-order valence-electron chi connectivity index (χ4n) is 3.45. The van der Waals surface area contributed by atoms with Gasteiger partial charge in [0.1, 0.15) is 11.0 Å². The number of rotatable bonds is 3. The van der Waals surface area contributed by atoms with Crippen molar-refractivity contribution in [3.05, 3.63) is 27.5 Å². The molecule has 8 nitrogen and oxygen atoms in total. The molecule has 0 bridgehead atoms. The minimum absolute atomic E-state index is 0.0872. The monoisotopic (exact) mass is 362 g/mol. The van der Waals surface area contributed by atoms with Crippen molar-refractivity contribution in [3.63, 3.8) is 0 Å². The van der Waals surface area contributed by atoms with E-state index in [0.717, 1.165) is 35.9 Å². The van der Waals surface area contributed by atoms with Gasteiger partial charge in [0.2, 0.25) is 0 Å². The second-order valence-corrected chi connectivity index (χ2v) is 7.42. The highest BCUT2D eigenvalue weighted by molar-refractivity contribution is 7.09. The van der Waals surface area contributed by atoms with Crippen LogP contribution in [-0.4, -0.2) is 63.6 Å². The highest BCUT2D eigenvalue weighted by atomic mass is 32.1. The Morgan fingerprint density at radius 3 is 3.04 bits per heavy atom. The van der Waals surface area contributed by atoms with E-state index in [4.69, 9.17) is 4.74 Å². The van der Waals surface area contributed by atoms with Gasteiger partial charge in [0.05, 0.1) is 24.9 Å². The van der Waals surface area contributed by atoms with E-state index in [9.17, 15) is 4.79 Å². The van der Waals surface area contributed by atoms with Crippen molar-refractivity contribution in [2.45, 2.75) is 32.4 Å². The number of aryl methyl sites for hydroxylation is 1. The Bertz CT molecular complexity index is 767. The van der Waals surface area contributed by atoms with Crippen LogP contribution in [0.5, 0.6) is 0 Å². The first kappa shape index (κ1) is 16.6. The third-order valence-corrected chi connectivity index (χ3v) is 5.89. The third kappa shape index (κ3) is 3.07. The molecule has 4 rings (SSSR count). The number of hydrogen-bond donors (Lipinski definition) is 1. The molecule has 0 spiro atoms. The van der Waals surface area contributed by atoms with E-state index < -0.39 is 0 Å². The maximum absolute atomic E-state index is 13.2. The third-order valence-electron chi connectivity index (χ3n) is 4.82. The topological polar surface area (TPSA) is 85.2 Å². The van der Waals surface area contributed by atoms with Crippen molar-refractivity contribution in [1.82, 2.24) is 30.2 Å². The number of thiazole rings is 1. The van der Waals surface area contributed by atoms with Crippen molar-refractivity contribution < 1.29 is 9.53 Å². The molecule has 2 fully saturated rings. The van der Waals surface area contributed by atoms with E-state index in [2.05, 4.69) is 20.6 Å².